The Hall–Kier alpha value is 0.0900. The standard InChI is InChI=1S/C22H47N2O2S.BrH/c1-6-8-9-10-11-12-13-14-15-16-17-18-22-27(25,26)23(3)19-21-24(4,5)20-7-2;/h7H,2,6,8-22H2,1,3-5H3;1H/q+1;/p-1. The minimum absolute atomic E-state index is 0. The first kappa shape index (κ1) is 30.3. The predicted octanol–water partition coefficient (Wildman–Crippen LogP) is 2.22. The summed E-state index contributed by atoms with van der Waals surface area (Å²) in [7, 11) is 2.81. The smallest absolute Gasteiger partial charge is 0.214 e. The summed E-state index contributed by atoms with van der Waals surface area (Å²) in [4.78, 5) is 0. The molecule has 170 valence electrons. The summed E-state index contributed by atoms with van der Waals surface area (Å²) >= 11 is 0. The van der Waals surface area contributed by atoms with E-state index >= 15 is 0 Å². The maximum Gasteiger partial charge on any atom is 0.214 e. The summed E-state index contributed by atoms with van der Waals surface area (Å²) < 4.78 is 27.1. The fourth-order valence-electron chi connectivity index (χ4n) is 3.27. The van der Waals surface area contributed by atoms with Crippen LogP contribution in [0.25, 0.3) is 0 Å². The van der Waals surface area contributed by atoms with E-state index in [2.05, 4.69) is 27.6 Å². The molecule has 0 radical (unpaired) electrons. The van der Waals surface area contributed by atoms with Crippen molar-refractivity contribution in [1.82, 2.24) is 4.31 Å². The number of rotatable bonds is 19. The van der Waals surface area contributed by atoms with Crippen molar-refractivity contribution in [2.45, 2.75) is 84.0 Å². The monoisotopic (exact) mass is 482 g/mol. The third-order valence-corrected chi connectivity index (χ3v) is 7.31. The third-order valence-electron chi connectivity index (χ3n) is 5.37. The number of halogens is 1. The number of quaternary nitrogens is 1. The fraction of sp³-hybridized carbons (Fsp3) is 0.909. The molecule has 0 saturated carbocycles. The minimum Gasteiger partial charge on any atom is -1.00 e. The molecule has 0 aromatic carbocycles. The second-order valence-corrected chi connectivity index (χ2v) is 10.9. The van der Waals surface area contributed by atoms with Crippen molar-refractivity contribution in [1.29, 1.82) is 0 Å². The van der Waals surface area contributed by atoms with Crippen LogP contribution in [0.15, 0.2) is 12.7 Å². The summed E-state index contributed by atoms with van der Waals surface area (Å²) in [6.07, 6.45) is 17.0. The SMILES string of the molecule is C=CC[N+](C)(C)CCN(C)S(=O)(=O)CCCCCCCCCCCCCC.[Br-]. The number of unbranched alkanes of at least 4 members (excludes halogenated alkanes) is 11. The first-order valence-electron chi connectivity index (χ1n) is 11.1. The van der Waals surface area contributed by atoms with Gasteiger partial charge in [0.15, 0.2) is 0 Å². The van der Waals surface area contributed by atoms with Crippen molar-refractivity contribution in [3.63, 3.8) is 0 Å². The third kappa shape index (κ3) is 17.0. The van der Waals surface area contributed by atoms with Gasteiger partial charge in [0.2, 0.25) is 10.0 Å². The van der Waals surface area contributed by atoms with E-state index in [0.29, 0.717) is 6.54 Å². The van der Waals surface area contributed by atoms with Crippen LogP contribution in [0.4, 0.5) is 0 Å². The van der Waals surface area contributed by atoms with Crippen molar-refractivity contribution in [3.8, 4) is 0 Å². The molecule has 0 heterocycles. The minimum atomic E-state index is -3.11. The lowest BCUT2D eigenvalue weighted by molar-refractivity contribution is -0.883. The lowest BCUT2D eigenvalue weighted by Crippen LogP contribution is -3.00. The molecule has 0 unspecified atom stereocenters. The van der Waals surface area contributed by atoms with Crippen LogP contribution < -0.4 is 17.0 Å². The number of sulfonamides is 1. The molecule has 4 nitrogen and oxygen atoms in total. The van der Waals surface area contributed by atoms with Crippen molar-refractivity contribution in [2.24, 2.45) is 0 Å². The molecule has 0 atom stereocenters. The quantitative estimate of drug-likeness (QED) is 0.161. The highest BCUT2D eigenvalue weighted by Crippen LogP contribution is 2.13. The Bertz CT molecular complexity index is 467. The van der Waals surface area contributed by atoms with Crippen molar-refractivity contribution in [2.75, 3.05) is 46.5 Å². The molecule has 6 heteroatoms. The van der Waals surface area contributed by atoms with Gasteiger partial charge in [0.05, 0.1) is 39.5 Å². The molecule has 0 fully saturated rings. The van der Waals surface area contributed by atoms with E-state index < -0.39 is 10.0 Å². The molecular formula is C22H47BrN2O2S. The second-order valence-electron chi connectivity index (χ2n) is 8.66. The van der Waals surface area contributed by atoms with Crippen LogP contribution in [-0.2, 0) is 10.0 Å². The molecule has 0 saturated heterocycles. The molecular weight excluding hydrogens is 436 g/mol. The Balaban J connectivity index is 0. The Morgan fingerprint density at radius 2 is 1.29 bits per heavy atom. The largest absolute Gasteiger partial charge is 1.00 e. The van der Waals surface area contributed by atoms with Crippen LogP contribution in [0.1, 0.15) is 84.0 Å². The Morgan fingerprint density at radius 3 is 1.71 bits per heavy atom. The summed E-state index contributed by atoms with van der Waals surface area (Å²) in [5.41, 5.74) is 0. The van der Waals surface area contributed by atoms with Gasteiger partial charge in [0.25, 0.3) is 0 Å². The normalized spacial score (nSPS) is 12.2. The molecule has 0 N–H and O–H groups in total. The van der Waals surface area contributed by atoms with E-state index in [1.807, 2.05) is 6.08 Å². The number of nitrogens with zero attached hydrogens (tertiary/aromatic N) is 2. The van der Waals surface area contributed by atoms with Gasteiger partial charge in [0, 0.05) is 7.05 Å². The van der Waals surface area contributed by atoms with E-state index in [0.717, 1.165) is 30.4 Å². The first-order chi connectivity index (χ1) is 12.7. The van der Waals surface area contributed by atoms with Gasteiger partial charge in [-0.2, -0.15) is 4.31 Å². The first-order valence-corrected chi connectivity index (χ1v) is 12.7. The zero-order valence-electron chi connectivity index (χ0n) is 19.1. The molecule has 0 aromatic heterocycles. The molecule has 0 aliphatic carbocycles. The predicted molar refractivity (Wildman–Crippen MR) is 120 cm³/mol. The van der Waals surface area contributed by atoms with Gasteiger partial charge in [-0.25, -0.2) is 8.42 Å². The highest BCUT2D eigenvalue weighted by molar-refractivity contribution is 7.89. The molecule has 0 aromatic rings. The summed E-state index contributed by atoms with van der Waals surface area (Å²) in [6.45, 7) is 8.26. The number of hydrogen-bond donors (Lipinski definition) is 0. The second kappa shape index (κ2) is 17.9. The maximum atomic E-state index is 12.4. The molecule has 28 heavy (non-hydrogen) atoms. The van der Waals surface area contributed by atoms with Crippen LogP contribution in [0.3, 0.4) is 0 Å². The van der Waals surface area contributed by atoms with Gasteiger partial charge in [0.1, 0.15) is 0 Å². The average Bonchev–Trinajstić information content (AvgIpc) is 2.60. The summed E-state index contributed by atoms with van der Waals surface area (Å²) in [6, 6.07) is 0. The Morgan fingerprint density at radius 1 is 0.857 bits per heavy atom. The van der Waals surface area contributed by atoms with Crippen LogP contribution >= 0.6 is 0 Å². The lowest BCUT2D eigenvalue weighted by atomic mass is 10.1. The van der Waals surface area contributed by atoms with E-state index in [-0.39, 0.29) is 22.7 Å². The van der Waals surface area contributed by atoms with Gasteiger partial charge in [-0.3, -0.25) is 0 Å². The van der Waals surface area contributed by atoms with Crippen LogP contribution in [-0.4, -0.2) is 63.7 Å². The zero-order valence-corrected chi connectivity index (χ0v) is 21.5. The van der Waals surface area contributed by atoms with E-state index in [1.165, 1.54) is 68.5 Å². The van der Waals surface area contributed by atoms with Crippen molar-refractivity contribution < 1.29 is 29.9 Å². The highest BCUT2D eigenvalue weighted by atomic mass is 79.9. The molecule has 0 spiro atoms. The van der Waals surface area contributed by atoms with Crippen LogP contribution in [0.5, 0.6) is 0 Å². The maximum absolute atomic E-state index is 12.4. The zero-order chi connectivity index (χ0) is 20.6. The lowest BCUT2D eigenvalue weighted by Gasteiger charge is -2.30. The van der Waals surface area contributed by atoms with Gasteiger partial charge < -0.3 is 21.5 Å². The van der Waals surface area contributed by atoms with Crippen LogP contribution in [0.2, 0.25) is 0 Å². The fourth-order valence-corrected chi connectivity index (χ4v) is 4.51. The van der Waals surface area contributed by atoms with E-state index in [1.54, 1.807) is 7.05 Å². The van der Waals surface area contributed by atoms with E-state index in [4.69, 9.17) is 0 Å². The Kier molecular flexibility index (Phi) is 19.4. The van der Waals surface area contributed by atoms with Gasteiger partial charge in [-0.05, 0) is 12.5 Å². The topological polar surface area (TPSA) is 37.4 Å². The average molecular weight is 484 g/mol. The molecule has 0 aliphatic rings. The number of hydrogen-bond acceptors (Lipinski definition) is 2. The summed E-state index contributed by atoms with van der Waals surface area (Å²) in [5.74, 6) is 0.288. The van der Waals surface area contributed by atoms with Gasteiger partial charge >= 0.3 is 0 Å². The van der Waals surface area contributed by atoms with Gasteiger partial charge in [-0.15, -0.1) is 0 Å². The Labute approximate surface area is 187 Å². The molecule has 0 bridgehead atoms. The molecule has 0 amide bonds. The number of likely N-dealkylation sites (N-methyl/N-ethyl adjacent to an activating group) is 2. The van der Waals surface area contributed by atoms with Crippen molar-refractivity contribution in [3.05, 3.63) is 12.7 Å². The summed E-state index contributed by atoms with van der Waals surface area (Å²) in [5, 5.41) is 0. The van der Waals surface area contributed by atoms with E-state index in [9.17, 15) is 8.42 Å². The molecule has 0 aliphatic heterocycles. The van der Waals surface area contributed by atoms with Gasteiger partial charge in [-0.1, -0.05) is 84.1 Å². The van der Waals surface area contributed by atoms with Crippen LogP contribution in [0, 0.1) is 0 Å². The van der Waals surface area contributed by atoms with Crippen molar-refractivity contribution >= 4 is 10.0 Å². The highest BCUT2D eigenvalue weighted by Gasteiger charge is 2.21. The molecule has 0 rings (SSSR count).